The molecule has 3 rings (SSSR count). The average Bonchev–Trinajstić information content (AvgIpc) is 3.02. The fourth-order valence-corrected chi connectivity index (χ4v) is 4.64. The van der Waals surface area contributed by atoms with Crippen molar-refractivity contribution in [1.29, 1.82) is 5.26 Å². The smallest absolute Gasteiger partial charge is 0.481 e. The number of alkyl halides is 3. The number of piperidine rings is 1. The van der Waals surface area contributed by atoms with Crippen LogP contribution in [0.1, 0.15) is 50.5 Å². The number of aliphatic carboxylic acids is 1. The molecule has 8 heteroatoms. The first-order chi connectivity index (χ1) is 13.2. The maximum Gasteiger partial charge on any atom is 0.573 e. The number of nitrogens with zero attached hydrogens (tertiary/aromatic N) is 2. The van der Waals surface area contributed by atoms with Gasteiger partial charge in [0.1, 0.15) is 11.8 Å². The average molecular weight is 396 g/mol. The van der Waals surface area contributed by atoms with E-state index in [9.17, 15) is 23.2 Å². The van der Waals surface area contributed by atoms with Crippen molar-refractivity contribution in [3.8, 4) is 11.8 Å². The van der Waals surface area contributed by atoms with Gasteiger partial charge in [0.05, 0.1) is 11.3 Å². The lowest BCUT2D eigenvalue weighted by atomic mass is 9.76. The number of carboxylic acid groups (broad SMARTS) is 1. The predicted octanol–water partition coefficient (Wildman–Crippen LogP) is 4.71. The molecule has 5 nitrogen and oxygen atoms in total. The molecule has 1 aromatic rings. The first-order valence-corrected chi connectivity index (χ1v) is 9.46. The minimum Gasteiger partial charge on any atom is -0.481 e. The van der Waals surface area contributed by atoms with Crippen molar-refractivity contribution >= 4 is 11.7 Å². The van der Waals surface area contributed by atoms with Crippen LogP contribution < -0.4 is 9.64 Å². The van der Waals surface area contributed by atoms with Gasteiger partial charge in [-0.05, 0) is 62.0 Å². The third-order valence-corrected chi connectivity index (χ3v) is 6.06. The van der Waals surface area contributed by atoms with Crippen molar-refractivity contribution in [3.05, 3.63) is 23.8 Å². The van der Waals surface area contributed by atoms with Crippen LogP contribution >= 0.6 is 0 Å². The molecule has 1 saturated heterocycles. The number of hydrogen-bond acceptors (Lipinski definition) is 4. The predicted molar refractivity (Wildman–Crippen MR) is 95.9 cm³/mol. The first kappa shape index (κ1) is 20.3. The lowest BCUT2D eigenvalue weighted by Gasteiger charge is -2.41. The van der Waals surface area contributed by atoms with E-state index in [1.165, 1.54) is 12.1 Å². The third-order valence-electron chi connectivity index (χ3n) is 6.06. The van der Waals surface area contributed by atoms with E-state index in [1.807, 2.05) is 11.0 Å². The molecule has 1 atom stereocenters. The van der Waals surface area contributed by atoms with Crippen molar-refractivity contribution in [2.24, 2.45) is 11.3 Å². The molecule has 1 unspecified atom stereocenters. The number of rotatable bonds is 5. The summed E-state index contributed by atoms with van der Waals surface area (Å²) < 4.78 is 41.5. The Morgan fingerprint density at radius 3 is 2.64 bits per heavy atom. The zero-order chi connectivity index (χ0) is 20.4. The van der Waals surface area contributed by atoms with Crippen LogP contribution in [0.5, 0.6) is 5.75 Å². The maximum absolute atomic E-state index is 12.5. The van der Waals surface area contributed by atoms with Crippen LogP contribution in [0, 0.1) is 22.7 Å². The quantitative estimate of drug-likeness (QED) is 0.780. The topological polar surface area (TPSA) is 73.6 Å². The summed E-state index contributed by atoms with van der Waals surface area (Å²) in [5.41, 5.74) is 0.989. The van der Waals surface area contributed by atoms with E-state index in [4.69, 9.17) is 5.11 Å². The zero-order valence-corrected chi connectivity index (χ0v) is 15.5. The van der Waals surface area contributed by atoms with Crippen molar-refractivity contribution in [3.63, 3.8) is 0 Å². The summed E-state index contributed by atoms with van der Waals surface area (Å²) in [6.07, 6.45) is 1.03. The molecule has 1 aromatic carbocycles. The Hall–Kier alpha value is -2.43. The number of anilines is 1. The summed E-state index contributed by atoms with van der Waals surface area (Å²) >= 11 is 0. The van der Waals surface area contributed by atoms with Crippen LogP contribution in [0.2, 0.25) is 0 Å². The molecule has 1 aliphatic carbocycles. The Bertz CT molecular complexity index is 765. The SMILES string of the molecule is N#Cc1ccc(OC(F)(F)F)cc1N1CCC2(CCC(CCC(=O)O)C2)CC1. The van der Waals surface area contributed by atoms with Crippen LogP contribution in [0.15, 0.2) is 18.2 Å². The molecule has 0 bridgehead atoms. The minimum atomic E-state index is -4.77. The minimum absolute atomic E-state index is 0.187. The number of ether oxygens (including phenoxy) is 1. The number of halogens is 3. The standard InChI is InChI=1S/C20H23F3N2O3/c21-20(22,23)28-16-3-2-15(13-24)17(11-16)25-9-7-19(8-10-25)6-5-14(12-19)1-4-18(26)27/h2-3,11,14H,1,4-10,12H2,(H,26,27). The molecule has 28 heavy (non-hydrogen) atoms. The van der Waals surface area contributed by atoms with E-state index in [0.29, 0.717) is 36.7 Å². The van der Waals surface area contributed by atoms with Crippen molar-refractivity contribution in [2.75, 3.05) is 18.0 Å². The fourth-order valence-electron chi connectivity index (χ4n) is 4.64. The fraction of sp³-hybridized carbons (Fsp3) is 0.600. The lowest BCUT2D eigenvalue weighted by Crippen LogP contribution is -2.39. The largest absolute Gasteiger partial charge is 0.573 e. The van der Waals surface area contributed by atoms with Crippen LogP contribution in [0.3, 0.4) is 0 Å². The molecular weight excluding hydrogens is 373 g/mol. The number of benzene rings is 1. The van der Waals surface area contributed by atoms with E-state index in [0.717, 1.165) is 38.2 Å². The van der Waals surface area contributed by atoms with Crippen molar-refractivity contribution in [2.45, 2.75) is 51.3 Å². The molecule has 1 spiro atoms. The Morgan fingerprint density at radius 2 is 2.04 bits per heavy atom. The van der Waals surface area contributed by atoms with Gasteiger partial charge >= 0.3 is 12.3 Å². The Labute approximate surface area is 161 Å². The van der Waals surface area contributed by atoms with E-state index >= 15 is 0 Å². The van der Waals surface area contributed by atoms with Gasteiger partial charge in [-0.15, -0.1) is 13.2 Å². The Morgan fingerprint density at radius 1 is 1.32 bits per heavy atom. The lowest BCUT2D eigenvalue weighted by molar-refractivity contribution is -0.274. The number of carbonyl (C=O) groups is 1. The van der Waals surface area contributed by atoms with Gasteiger partial charge in [-0.3, -0.25) is 4.79 Å². The Kier molecular flexibility index (Phi) is 5.73. The van der Waals surface area contributed by atoms with Gasteiger partial charge in [0.2, 0.25) is 0 Å². The second kappa shape index (κ2) is 7.90. The summed E-state index contributed by atoms with van der Waals surface area (Å²) in [5.74, 6) is -0.655. The normalized spacial score (nSPS) is 21.5. The molecule has 152 valence electrons. The molecule has 0 amide bonds. The Balaban J connectivity index is 1.65. The summed E-state index contributed by atoms with van der Waals surface area (Å²) in [4.78, 5) is 12.7. The highest BCUT2D eigenvalue weighted by Gasteiger charge is 2.41. The van der Waals surface area contributed by atoms with Gasteiger partial charge < -0.3 is 14.7 Å². The van der Waals surface area contributed by atoms with Crippen molar-refractivity contribution < 1.29 is 27.8 Å². The first-order valence-electron chi connectivity index (χ1n) is 9.46. The van der Waals surface area contributed by atoms with Gasteiger partial charge in [0, 0.05) is 25.6 Å². The second-order valence-electron chi connectivity index (χ2n) is 7.87. The molecule has 2 aliphatic rings. The van der Waals surface area contributed by atoms with Gasteiger partial charge in [0.15, 0.2) is 0 Å². The molecule has 1 heterocycles. The highest BCUT2D eigenvalue weighted by Crippen LogP contribution is 2.50. The van der Waals surface area contributed by atoms with Crippen LogP contribution in [-0.2, 0) is 4.79 Å². The highest BCUT2D eigenvalue weighted by atomic mass is 19.4. The number of carboxylic acids is 1. The van der Waals surface area contributed by atoms with Gasteiger partial charge in [-0.1, -0.05) is 0 Å². The second-order valence-corrected chi connectivity index (χ2v) is 7.87. The van der Waals surface area contributed by atoms with Gasteiger partial charge in [-0.25, -0.2) is 0 Å². The number of hydrogen-bond donors (Lipinski definition) is 1. The van der Waals surface area contributed by atoms with Crippen LogP contribution in [0.25, 0.3) is 0 Å². The van der Waals surface area contributed by atoms with Crippen LogP contribution in [-0.4, -0.2) is 30.5 Å². The summed E-state index contributed by atoms with van der Waals surface area (Å²) in [6, 6.07) is 5.85. The van der Waals surface area contributed by atoms with Gasteiger partial charge in [0.25, 0.3) is 0 Å². The summed E-state index contributed by atoms with van der Waals surface area (Å²) in [5, 5.41) is 18.2. The zero-order valence-electron chi connectivity index (χ0n) is 15.5. The van der Waals surface area contributed by atoms with E-state index in [1.54, 1.807) is 0 Å². The van der Waals surface area contributed by atoms with Crippen LogP contribution in [0.4, 0.5) is 18.9 Å². The molecule has 2 fully saturated rings. The molecule has 1 saturated carbocycles. The maximum atomic E-state index is 12.5. The monoisotopic (exact) mass is 396 g/mol. The number of nitriles is 1. The third kappa shape index (κ3) is 4.89. The molecule has 1 aliphatic heterocycles. The summed E-state index contributed by atoms with van der Waals surface area (Å²) in [7, 11) is 0. The van der Waals surface area contributed by atoms with E-state index in [2.05, 4.69) is 4.74 Å². The van der Waals surface area contributed by atoms with E-state index < -0.39 is 12.3 Å². The van der Waals surface area contributed by atoms with E-state index in [-0.39, 0.29) is 17.6 Å². The van der Waals surface area contributed by atoms with Crippen molar-refractivity contribution in [1.82, 2.24) is 0 Å². The molecule has 0 radical (unpaired) electrons. The summed E-state index contributed by atoms with van der Waals surface area (Å²) in [6.45, 7) is 1.33. The molecular formula is C20H23F3N2O3. The molecule has 1 N–H and O–H groups in total. The highest BCUT2D eigenvalue weighted by molar-refractivity contribution is 5.66. The molecule has 0 aromatic heterocycles. The van der Waals surface area contributed by atoms with Gasteiger partial charge in [-0.2, -0.15) is 5.26 Å².